The Morgan fingerprint density at radius 3 is 1.52 bits per heavy atom. The number of hydrogen-bond acceptors (Lipinski definition) is 3. The molecule has 4 heteroatoms. The first kappa shape index (κ1) is 15.3. The lowest BCUT2D eigenvalue weighted by atomic mass is 10.3. The Kier molecular flexibility index (Phi) is 4.44. The van der Waals surface area contributed by atoms with Gasteiger partial charge in [0, 0.05) is 0 Å². The van der Waals surface area contributed by atoms with Crippen molar-refractivity contribution in [1.29, 1.82) is 0 Å². The molecule has 0 atom stereocenters. The monoisotopic (exact) mass is 325 g/mol. The molecule has 0 aliphatic heterocycles. The van der Waals surface area contributed by atoms with Crippen molar-refractivity contribution in [1.82, 2.24) is 0 Å². The minimum atomic E-state index is -2.86. The van der Waals surface area contributed by atoms with Gasteiger partial charge in [0.1, 0.15) is 5.75 Å². The Bertz CT molecular complexity index is 756. The second-order valence-corrected chi connectivity index (χ2v) is 7.00. The Balaban J connectivity index is 2.04. The van der Waals surface area contributed by atoms with Crippen LogP contribution in [0.25, 0.3) is 0 Å². The van der Waals surface area contributed by atoms with Gasteiger partial charge in [0.25, 0.3) is 0 Å². The molecule has 3 nitrogen and oxygen atoms in total. The van der Waals surface area contributed by atoms with Crippen molar-refractivity contribution in [2.45, 2.75) is 9.79 Å². The first-order valence-corrected chi connectivity index (χ1v) is 8.68. The average molecular weight is 325 g/mol. The predicted molar refractivity (Wildman–Crippen MR) is 91.1 cm³/mol. The van der Waals surface area contributed by atoms with Crippen molar-refractivity contribution in [3.63, 3.8) is 0 Å². The van der Waals surface area contributed by atoms with Gasteiger partial charge >= 0.3 is 10.2 Å². The van der Waals surface area contributed by atoms with Crippen molar-refractivity contribution < 1.29 is 13.1 Å². The molecule has 0 aromatic heterocycles. The molecule has 0 unspecified atom stereocenters. The number of benzene rings is 3. The van der Waals surface area contributed by atoms with Crippen LogP contribution in [-0.4, -0.2) is 7.11 Å². The van der Waals surface area contributed by atoms with Gasteiger partial charge < -0.3 is 4.74 Å². The smallest absolute Gasteiger partial charge is 0.325 e. The van der Waals surface area contributed by atoms with E-state index in [1.807, 2.05) is 60.7 Å². The summed E-state index contributed by atoms with van der Waals surface area (Å²) < 4.78 is 24.7. The van der Waals surface area contributed by atoms with E-state index in [0.717, 1.165) is 5.75 Å². The van der Waals surface area contributed by atoms with Gasteiger partial charge in [-0.1, -0.05) is 36.4 Å². The maximum atomic E-state index is 13.7. The van der Waals surface area contributed by atoms with E-state index in [0.29, 0.717) is 15.5 Å². The van der Waals surface area contributed by atoms with Crippen LogP contribution >= 0.6 is 0 Å². The third kappa shape index (κ3) is 3.27. The van der Waals surface area contributed by atoms with Gasteiger partial charge in [0.05, 0.1) is 7.11 Å². The summed E-state index contributed by atoms with van der Waals surface area (Å²) in [4.78, 5) is 1.28. The van der Waals surface area contributed by atoms with Crippen molar-refractivity contribution in [3.05, 3.63) is 84.9 Å². The fraction of sp³-hybridized carbons (Fsp3) is 0.0526. The summed E-state index contributed by atoms with van der Waals surface area (Å²) in [5.74, 6) is 1.26. The van der Waals surface area contributed by atoms with E-state index in [2.05, 4.69) is 0 Å². The van der Waals surface area contributed by atoms with Crippen molar-refractivity contribution in [2.24, 2.45) is 0 Å². The average Bonchev–Trinajstić information content (AvgIpc) is 2.64. The fourth-order valence-electron chi connectivity index (χ4n) is 2.20. The molecule has 0 bridgehead atoms. The van der Waals surface area contributed by atoms with Gasteiger partial charge in [-0.15, -0.1) is 0 Å². The summed E-state index contributed by atoms with van der Waals surface area (Å²) >= 11 is 0. The SMILES string of the molecule is COc1ccc(O[S+](=O)(c2ccccc2)c2ccccc2)cc1. The number of ether oxygens (including phenoxy) is 1. The second kappa shape index (κ2) is 6.67. The minimum absolute atomic E-state index is 0.531. The largest absolute Gasteiger partial charge is 0.497 e. The first-order chi connectivity index (χ1) is 11.2. The normalized spacial score (nSPS) is 11.0. The molecule has 0 heterocycles. The van der Waals surface area contributed by atoms with Crippen LogP contribution in [0.3, 0.4) is 0 Å². The fourth-order valence-corrected chi connectivity index (χ4v) is 4.08. The van der Waals surface area contributed by atoms with Crippen LogP contribution in [0, 0.1) is 0 Å². The van der Waals surface area contributed by atoms with Crippen LogP contribution in [0.15, 0.2) is 94.7 Å². The highest BCUT2D eigenvalue weighted by Crippen LogP contribution is 2.32. The van der Waals surface area contributed by atoms with Gasteiger partial charge in [-0.2, -0.15) is 0 Å². The molecule has 3 aromatic rings. The Morgan fingerprint density at radius 1 is 0.652 bits per heavy atom. The molecule has 0 spiro atoms. The van der Waals surface area contributed by atoms with Gasteiger partial charge in [0.15, 0.2) is 5.75 Å². The number of methoxy groups -OCH3 is 1. The second-order valence-electron chi connectivity index (χ2n) is 4.89. The van der Waals surface area contributed by atoms with E-state index in [4.69, 9.17) is 8.92 Å². The highest BCUT2D eigenvalue weighted by atomic mass is 32.3. The van der Waals surface area contributed by atoms with Crippen LogP contribution in [0.2, 0.25) is 0 Å². The molecule has 3 rings (SSSR count). The quantitative estimate of drug-likeness (QED) is 0.643. The summed E-state index contributed by atoms with van der Waals surface area (Å²) in [5, 5.41) is 0. The Morgan fingerprint density at radius 2 is 1.09 bits per heavy atom. The Labute approximate surface area is 137 Å². The van der Waals surface area contributed by atoms with E-state index < -0.39 is 10.2 Å². The van der Waals surface area contributed by atoms with E-state index in [1.54, 1.807) is 31.4 Å². The van der Waals surface area contributed by atoms with Crippen molar-refractivity contribution >= 4 is 10.2 Å². The molecule has 0 N–H and O–H groups in total. The van der Waals surface area contributed by atoms with Crippen LogP contribution in [-0.2, 0) is 14.4 Å². The molecule has 0 saturated carbocycles. The molecule has 0 saturated heterocycles. The lowest BCUT2D eigenvalue weighted by Gasteiger charge is -2.12. The van der Waals surface area contributed by atoms with Crippen LogP contribution in [0.1, 0.15) is 0 Å². The zero-order valence-electron chi connectivity index (χ0n) is 12.7. The standard InChI is InChI=1S/C19H17O3S/c1-21-16-12-14-17(15-13-16)22-23(20,18-8-4-2-5-9-18)19-10-6-3-7-11-19/h2-15H,1H3/q+1. The maximum absolute atomic E-state index is 13.7. The van der Waals surface area contributed by atoms with Crippen LogP contribution < -0.4 is 8.92 Å². The van der Waals surface area contributed by atoms with Gasteiger partial charge in [0.2, 0.25) is 9.79 Å². The molecule has 23 heavy (non-hydrogen) atoms. The van der Waals surface area contributed by atoms with Crippen LogP contribution in [0.4, 0.5) is 0 Å². The molecular formula is C19H17O3S+. The lowest BCUT2D eigenvalue weighted by molar-refractivity contribution is 0.414. The lowest BCUT2D eigenvalue weighted by Crippen LogP contribution is -2.19. The Hall–Kier alpha value is -2.59. The van der Waals surface area contributed by atoms with Crippen molar-refractivity contribution in [3.8, 4) is 11.5 Å². The third-order valence-corrected chi connectivity index (χ3v) is 5.59. The molecular weight excluding hydrogens is 308 g/mol. The highest BCUT2D eigenvalue weighted by Gasteiger charge is 2.38. The molecule has 0 amide bonds. The molecule has 116 valence electrons. The highest BCUT2D eigenvalue weighted by molar-refractivity contribution is 7.99. The summed E-state index contributed by atoms with van der Waals surface area (Å²) in [7, 11) is -1.26. The topological polar surface area (TPSA) is 35.5 Å². The number of rotatable bonds is 5. The summed E-state index contributed by atoms with van der Waals surface area (Å²) in [6.45, 7) is 0. The predicted octanol–water partition coefficient (Wildman–Crippen LogP) is 4.61. The van der Waals surface area contributed by atoms with E-state index in [9.17, 15) is 4.21 Å². The molecule has 0 aliphatic carbocycles. The van der Waals surface area contributed by atoms with E-state index in [1.165, 1.54) is 0 Å². The van der Waals surface area contributed by atoms with Gasteiger partial charge in [-0.05, 0) is 52.7 Å². The zero-order valence-corrected chi connectivity index (χ0v) is 13.5. The van der Waals surface area contributed by atoms with E-state index in [-0.39, 0.29) is 0 Å². The molecule has 0 aliphatic rings. The zero-order chi connectivity index (χ0) is 16.1. The molecule has 3 aromatic carbocycles. The summed E-state index contributed by atoms with van der Waals surface area (Å²) in [6.07, 6.45) is 0. The minimum Gasteiger partial charge on any atom is -0.497 e. The number of hydrogen-bond donors (Lipinski definition) is 0. The third-order valence-electron chi connectivity index (χ3n) is 3.38. The van der Waals surface area contributed by atoms with Crippen LogP contribution in [0.5, 0.6) is 11.5 Å². The summed E-state index contributed by atoms with van der Waals surface area (Å²) in [5.41, 5.74) is 0. The maximum Gasteiger partial charge on any atom is 0.325 e. The van der Waals surface area contributed by atoms with Crippen molar-refractivity contribution in [2.75, 3.05) is 7.11 Å². The molecule has 0 radical (unpaired) electrons. The van der Waals surface area contributed by atoms with E-state index >= 15 is 0 Å². The first-order valence-electron chi connectivity index (χ1n) is 7.20. The summed E-state index contributed by atoms with van der Waals surface area (Å²) in [6, 6.07) is 25.6. The van der Waals surface area contributed by atoms with Gasteiger partial charge in [-0.25, -0.2) is 0 Å². The molecule has 0 fully saturated rings. The van der Waals surface area contributed by atoms with Gasteiger partial charge in [-0.3, -0.25) is 4.18 Å².